The highest BCUT2D eigenvalue weighted by Gasteiger charge is 2.32. The van der Waals surface area contributed by atoms with Crippen molar-refractivity contribution in [1.82, 2.24) is 10.2 Å². The molecule has 0 aromatic heterocycles. The summed E-state index contributed by atoms with van der Waals surface area (Å²) in [5.41, 5.74) is -0.00455. The number of alkyl halides is 3. The molecule has 1 heterocycles. The van der Waals surface area contributed by atoms with Crippen molar-refractivity contribution in [2.75, 3.05) is 18.4 Å². The fourth-order valence-corrected chi connectivity index (χ4v) is 2.78. The van der Waals surface area contributed by atoms with Crippen LogP contribution in [0.15, 0.2) is 18.2 Å². The fraction of sp³-hybridized carbons (Fsp3) is 0.579. The molecule has 0 aliphatic carbocycles. The Labute approximate surface area is 167 Å². The van der Waals surface area contributed by atoms with Gasteiger partial charge in [0.05, 0.1) is 0 Å². The largest absolute Gasteiger partial charge is 0.573 e. The zero-order valence-electron chi connectivity index (χ0n) is 16.7. The van der Waals surface area contributed by atoms with Gasteiger partial charge in [0.1, 0.15) is 0 Å². The number of hydrogen-bond donors (Lipinski definition) is 2. The van der Waals surface area contributed by atoms with Gasteiger partial charge in [-0.15, -0.1) is 13.2 Å². The van der Waals surface area contributed by atoms with Crippen LogP contribution in [0.2, 0.25) is 0 Å². The predicted octanol–water partition coefficient (Wildman–Crippen LogP) is 4.66. The van der Waals surface area contributed by atoms with Gasteiger partial charge < -0.3 is 20.3 Å². The minimum absolute atomic E-state index is 0.00455. The number of rotatable bonds is 5. The molecule has 3 amide bonds. The van der Waals surface area contributed by atoms with E-state index in [1.807, 2.05) is 20.8 Å². The molecule has 0 atom stereocenters. The van der Waals surface area contributed by atoms with Crippen molar-refractivity contribution in [2.24, 2.45) is 0 Å². The van der Waals surface area contributed by atoms with E-state index >= 15 is 0 Å². The van der Waals surface area contributed by atoms with Gasteiger partial charge in [0.2, 0.25) is 5.91 Å². The Bertz CT molecular complexity index is 675. The maximum absolute atomic E-state index is 13.6. The van der Waals surface area contributed by atoms with E-state index in [2.05, 4.69) is 15.4 Å². The second-order valence-corrected chi connectivity index (χ2v) is 6.20. The van der Waals surface area contributed by atoms with E-state index in [9.17, 15) is 27.2 Å². The molecule has 164 valence electrons. The summed E-state index contributed by atoms with van der Waals surface area (Å²) >= 11 is 0. The van der Waals surface area contributed by atoms with Crippen molar-refractivity contribution in [3.05, 3.63) is 24.0 Å². The number of carbonyl (C=O) groups is 2. The minimum Gasteiger partial charge on any atom is -0.403 e. The Balaban J connectivity index is 0.00000204. The molecule has 0 saturated carbocycles. The number of ether oxygens (including phenoxy) is 1. The molecule has 2 N–H and O–H groups in total. The molecule has 1 saturated heterocycles. The fourth-order valence-electron chi connectivity index (χ4n) is 2.78. The first-order valence-electron chi connectivity index (χ1n) is 9.58. The first-order valence-corrected chi connectivity index (χ1v) is 9.58. The number of amides is 3. The molecule has 1 fully saturated rings. The Morgan fingerprint density at radius 3 is 2.34 bits per heavy atom. The number of anilines is 1. The number of piperidine rings is 1. The van der Waals surface area contributed by atoms with E-state index in [4.69, 9.17) is 0 Å². The predicted molar refractivity (Wildman–Crippen MR) is 101 cm³/mol. The summed E-state index contributed by atoms with van der Waals surface area (Å²) in [5, 5.41) is 5.08. The average molecular weight is 421 g/mol. The molecule has 1 aliphatic heterocycles. The number of carbonyl (C=O) groups excluding carboxylic acids is 2. The van der Waals surface area contributed by atoms with Crippen LogP contribution < -0.4 is 15.4 Å². The Morgan fingerprint density at radius 2 is 1.83 bits per heavy atom. The Hall–Kier alpha value is -2.52. The number of urea groups is 1. The van der Waals surface area contributed by atoms with Crippen LogP contribution in [0.5, 0.6) is 5.75 Å². The van der Waals surface area contributed by atoms with Crippen molar-refractivity contribution in [2.45, 2.75) is 58.9 Å². The molecule has 1 aromatic rings. The monoisotopic (exact) mass is 421 g/mol. The average Bonchev–Trinajstić information content (AvgIpc) is 2.65. The molecular formula is C19H27F4N3O3. The quantitative estimate of drug-likeness (QED) is 0.679. The van der Waals surface area contributed by atoms with Gasteiger partial charge in [0.15, 0.2) is 11.6 Å². The lowest BCUT2D eigenvalue weighted by Crippen LogP contribution is -2.47. The summed E-state index contributed by atoms with van der Waals surface area (Å²) in [6, 6.07) is 1.89. The van der Waals surface area contributed by atoms with Crippen LogP contribution in [0.4, 0.5) is 28.0 Å². The Kier molecular flexibility index (Phi) is 9.70. The molecule has 0 radical (unpaired) electrons. The second-order valence-electron chi connectivity index (χ2n) is 6.20. The SMILES string of the molecule is CC.CCCC(=O)N1CCC(NC(=O)Nc2ccc(OC(F)(F)F)c(F)c2)CC1. The third kappa shape index (κ3) is 8.57. The van der Waals surface area contributed by atoms with E-state index in [-0.39, 0.29) is 17.6 Å². The van der Waals surface area contributed by atoms with E-state index in [1.165, 1.54) is 0 Å². The molecule has 1 aliphatic rings. The highest BCUT2D eigenvalue weighted by Crippen LogP contribution is 2.27. The molecule has 0 spiro atoms. The summed E-state index contributed by atoms with van der Waals surface area (Å²) < 4.78 is 53.5. The normalized spacial score (nSPS) is 14.5. The van der Waals surface area contributed by atoms with Crippen molar-refractivity contribution >= 4 is 17.6 Å². The van der Waals surface area contributed by atoms with Crippen LogP contribution in [0.1, 0.15) is 46.5 Å². The number of benzene rings is 1. The number of nitrogens with one attached hydrogen (secondary N) is 2. The Morgan fingerprint density at radius 1 is 1.21 bits per heavy atom. The number of likely N-dealkylation sites (tertiary alicyclic amines) is 1. The lowest BCUT2D eigenvalue weighted by molar-refractivity contribution is -0.275. The van der Waals surface area contributed by atoms with Gasteiger partial charge in [0.25, 0.3) is 0 Å². The zero-order valence-corrected chi connectivity index (χ0v) is 16.7. The van der Waals surface area contributed by atoms with E-state index in [0.717, 1.165) is 24.6 Å². The van der Waals surface area contributed by atoms with Crippen LogP contribution in [0.25, 0.3) is 0 Å². The molecule has 1 aromatic carbocycles. The highest BCUT2D eigenvalue weighted by molar-refractivity contribution is 5.89. The van der Waals surface area contributed by atoms with Crippen molar-refractivity contribution in [3.8, 4) is 5.75 Å². The van der Waals surface area contributed by atoms with Gasteiger partial charge in [-0.05, 0) is 31.4 Å². The molecule has 29 heavy (non-hydrogen) atoms. The molecule has 10 heteroatoms. The third-order valence-corrected chi connectivity index (χ3v) is 4.06. The molecule has 2 rings (SSSR count). The molecular weight excluding hydrogens is 394 g/mol. The van der Waals surface area contributed by atoms with Crippen molar-refractivity contribution in [1.29, 1.82) is 0 Å². The van der Waals surface area contributed by atoms with E-state index in [1.54, 1.807) is 4.90 Å². The van der Waals surface area contributed by atoms with Crippen LogP contribution >= 0.6 is 0 Å². The topological polar surface area (TPSA) is 70.7 Å². The maximum atomic E-state index is 13.6. The lowest BCUT2D eigenvalue weighted by Gasteiger charge is -2.32. The summed E-state index contributed by atoms with van der Waals surface area (Å²) in [6.45, 7) is 7.02. The van der Waals surface area contributed by atoms with E-state index in [0.29, 0.717) is 32.4 Å². The standard InChI is InChI=1S/C17H21F4N3O3.C2H6/c1-2-3-15(25)24-8-6-11(7-9-24)22-16(26)23-12-4-5-14(13(18)10-12)27-17(19,20)21;1-2/h4-5,10-11H,2-3,6-9H2,1H3,(H2,22,23,26);1-2H3. The van der Waals surface area contributed by atoms with Gasteiger partial charge in [0, 0.05) is 37.3 Å². The van der Waals surface area contributed by atoms with Gasteiger partial charge in [-0.3, -0.25) is 4.79 Å². The molecule has 0 unspecified atom stereocenters. The van der Waals surface area contributed by atoms with Crippen LogP contribution in [-0.2, 0) is 4.79 Å². The van der Waals surface area contributed by atoms with E-state index < -0.39 is 24.0 Å². The minimum atomic E-state index is -5.00. The first kappa shape index (κ1) is 24.5. The summed E-state index contributed by atoms with van der Waals surface area (Å²) in [6.07, 6.45) is -2.54. The lowest BCUT2D eigenvalue weighted by atomic mass is 10.0. The maximum Gasteiger partial charge on any atom is 0.573 e. The van der Waals surface area contributed by atoms with Crippen molar-refractivity contribution < 1.29 is 31.9 Å². The van der Waals surface area contributed by atoms with Gasteiger partial charge in [-0.25, -0.2) is 9.18 Å². The highest BCUT2D eigenvalue weighted by atomic mass is 19.4. The van der Waals surface area contributed by atoms with Gasteiger partial charge in [-0.1, -0.05) is 20.8 Å². The smallest absolute Gasteiger partial charge is 0.403 e. The third-order valence-electron chi connectivity index (χ3n) is 4.06. The summed E-state index contributed by atoms with van der Waals surface area (Å²) in [4.78, 5) is 25.6. The number of hydrogen-bond acceptors (Lipinski definition) is 3. The molecule has 6 nitrogen and oxygen atoms in total. The second kappa shape index (κ2) is 11.5. The summed E-state index contributed by atoms with van der Waals surface area (Å²) in [7, 11) is 0. The van der Waals surface area contributed by atoms with Gasteiger partial charge in [-0.2, -0.15) is 0 Å². The zero-order chi connectivity index (χ0) is 22.0. The molecule has 0 bridgehead atoms. The van der Waals surface area contributed by atoms with Crippen LogP contribution in [-0.4, -0.2) is 42.3 Å². The van der Waals surface area contributed by atoms with Gasteiger partial charge >= 0.3 is 12.4 Å². The van der Waals surface area contributed by atoms with Crippen molar-refractivity contribution in [3.63, 3.8) is 0 Å². The number of halogens is 4. The summed E-state index contributed by atoms with van der Waals surface area (Å²) in [5.74, 6) is -2.12. The van der Waals surface area contributed by atoms with Crippen LogP contribution in [0.3, 0.4) is 0 Å². The number of nitrogens with zero attached hydrogens (tertiary/aromatic N) is 1. The first-order chi connectivity index (χ1) is 13.7. The van der Waals surface area contributed by atoms with Crippen LogP contribution in [0, 0.1) is 5.82 Å².